The number of nitrogens with zero attached hydrogens (tertiary/aromatic N) is 2. The average molecular weight is 382 g/mol. The number of hydrogen-bond donors (Lipinski definition) is 1. The number of Topliss-reactive ketones (excluding diaryl/α,β-unsaturated/α-hetero) is 1. The summed E-state index contributed by atoms with van der Waals surface area (Å²) >= 11 is 0. The van der Waals surface area contributed by atoms with Gasteiger partial charge in [-0.25, -0.2) is 4.39 Å². The number of aliphatic hydroxyl groups is 1. The maximum atomic E-state index is 13.3. The molecule has 6 heteroatoms. The molecule has 0 radical (unpaired) electrons. The van der Waals surface area contributed by atoms with Crippen molar-refractivity contribution < 1.29 is 19.1 Å². The largest absolute Gasteiger partial charge is 0.507 e. The number of halogens is 1. The molecule has 1 fully saturated rings. The lowest BCUT2D eigenvalue weighted by atomic mass is 9.95. The van der Waals surface area contributed by atoms with Crippen molar-refractivity contribution in [2.24, 2.45) is 0 Å². The molecule has 0 aromatic heterocycles. The van der Waals surface area contributed by atoms with Crippen molar-refractivity contribution in [3.05, 3.63) is 76.6 Å². The fraction of sp³-hybridized carbons (Fsp3) is 0.273. The SMILES string of the molecule is Cc1ccc([C@@H]2/C(=C(\O)c3ccc(F)cc3)C(=O)C(=O)N2CCN(C)C)cc1. The number of carbonyl (C=O) groups is 2. The van der Waals surface area contributed by atoms with Crippen LogP contribution < -0.4 is 0 Å². The first-order chi connectivity index (χ1) is 13.3. The lowest BCUT2D eigenvalue weighted by Gasteiger charge is -2.26. The molecular formula is C22H23FN2O3. The molecule has 1 atom stereocenters. The minimum Gasteiger partial charge on any atom is -0.507 e. The topological polar surface area (TPSA) is 60.9 Å². The summed E-state index contributed by atoms with van der Waals surface area (Å²) in [5.41, 5.74) is 2.11. The molecule has 5 nitrogen and oxygen atoms in total. The normalized spacial score (nSPS) is 18.9. The molecule has 1 heterocycles. The molecule has 1 amide bonds. The van der Waals surface area contributed by atoms with E-state index >= 15 is 0 Å². The lowest BCUT2D eigenvalue weighted by Crippen LogP contribution is -2.35. The van der Waals surface area contributed by atoms with Gasteiger partial charge >= 0.3 is 0 Å². The second-order valence-corrected chi connectivity index (χ2v) is 7.21. The van der Waals surface area contributed by atoms with Crippen LogP contribution in [0.15, 0.2) is 54.1 Å². The smallest absolute Gasteiger partial charge is 0.295 e. The molecule has 2 aromatic carbocycles. The summed E-state index contributed by atoms with van der Waals surface area (Å²) in [6.07, 6.45) is 0. The molecule has 1 aliphatic heterocycles. The van der Waals surface area contributed by atoms with Crippen molar-refractivity contribution in [3.8, 4) is 0 Å². The number of likely N-dealkylation sites (tertiary alicyclic amines) is 1. The van der Waals surface area contributed by atoms with E-state index in [4.69, 9.17) is 0 Å². The Bertz CT molecular complexity index is 918. The van der Waals surface area contributed by atoms with E-state index in [2.05, 4.69) is 0 Å². The van der Waals surface area contributed by atoms with Crippen LogP contribution in [0, 0.1) is 12.7 Å². The molecular weight excluding hydrogens is 359 g/mol. The third kappa shape index (κ3) is 3.82. The Labute approximate surface area is 163 Å². The minimum atomic E-state index is -0.730. The monoisotopic (exact) mass is 382 g/mol. The third-order valence-corrected chi connectivity index (χ3v) is 4.84. The standard InChI is InChI=1S/C22H23FN2O3/c1-14-4-6-15(7-5-14)19-18(20(26)16-8-10-17(23)11-9-16)21(27)22(28)25(19)13-12-24(2)3/h4-11,19,26H,12-13H2,1-3H3/b20-18+/t19-/m1/s1. The highest BCUT2D eigenvalue weighted by Crippen LogP contribution is 2.39. The molecule has 0 unspecified atom stereocenters. The molecule has 146 valence electrons. The highest BCUT2D eigenvalue weighted by molar-refractivity contribution is 6.46. The van der Waals surface area contributed by atoms with Gasteiger partial charge in [-0.3, -0.25) is 9.59 Å². The van der Waals surface area contributed by atoms with Gasteiger partial charge in [0, 0.05) is 18.7 Å². The highest BCUT2D eigenvalue weighted by atomic mass is 19.1. The first kappa shape index (κ1) is 19.8. The van der Waals surface area contributed by atoms with Crippen LogP contribution in [0.1, 0.15) is 22.7 Å². The van der Waals surface area contributed by atoms with Gasteiger partial charge in [0.15, 0.2) is 0 Å². The molecule has 1 saturated heterocycles. The zero-order valence-electron chi connectivity index (χ0n) is 16.1. The maximum Gasteiger partial charge on any atom is 0.295 e. The fourth-order valence-corrected chi connectivity index (χ4v) is 3.28. The molecule has 28 heavy (non-hydrogen) atoms. The Morgan fingerprint density at radius 3 is 2.25 bits per heavy atom. The second kappa shape index (κ2) is 7.94. The van der Waals surface area contributed by atoms with Crippen molar-refractivity contribution in [2.75, 3.05) is 27.2 Å². The van der Waals surface area contributed by atoms with E-state index in [-0.39, 0.29) is 11.3 Å². The van der Waals surface area contributed by atoms with Crippen molar-refractivity contribution in [1.29, 1.82) is 0 Å². The third-order valence-electron chi connectivity index (χ3n) is 4.84. The first-order valence-corrected chi connectivity index (χ1v) is 9.05. The summed E-state index contributed by atoms with van der Waals surface area (Å²) in [6.45, 7) is 2.87. The van der Waals surface area contributed by atoms with Gasteiger partial charge in [-0.15, -0.1) is 0 Å². The molecule has 0 saturated carbocycles. The van der Waals surface area contributed by atoms with E-state index in [1.54, 1.807) is 0 Å². The second-order valence-electron chi connectivity index (χ2n) is 7.21. The number of amides is 1. The van der Waals surface area contributed by atoms with Gasteiger partial charge in [0.1, 0.15) is 11.6 Å². The summed E-state index contributed by atoms with van der Waals surface area (Å²) in [6, 6.07) is 12.0. The summed E-state index contributed by atoms with van der Waals surface area (Å²) in [5.74, 6) is -2.11. The van der Waals surface area contributed by atoms with Crippen LogP contribution in [0.25, 0.3) is 5.76 Å². The van der Waals surface area contributed by atoms with E-state index < -0.39 is 23.5 Å². The van der Waals surface area contributed by atoms with Gasteiger partial charge in [0.25, 0.3) is 11.7 Å². The van der Waals surface area contributed by atoms with Gasteiger partial charge in [0.05, 0.1) is 11.6 Å². The summed E-state index contributed by atoms with van der Waals surface area (Å²) in [7, 11) is 3.77. The number of hydrogen-bond acceptors (Lipinski definition) is 4. The summed E-state index contributed by atoms with van der Waals surface area (Å²) < 4.78 is 13.3. The number of rotatable bonds is 5. The molecule has 1 N–H and O–H groups in total. The van der Waals surface area contributed by atoms with Crippen LogP contribution in [0.4, 0.5) is 4.39 Å². The predicted octanol–water partition coefficient (Wildman–Crippen LogP) is 3.12. The average Bonchev–Trinajstić information content (AvgIpc) is 2.91. The quantitative estimate of drug-likeness (QED) is 0.490. The number of carbonyl (C=O) groups excluding carboxylic acids is 2. The van der Waals surface area contributed by atoms with Gasteiger partial charge in [0.2, 0.25) is 0 Å². The summed E-state index contributed by atoms with van der Waals surface area (Å²) in [5, 5.41) is 10.8. The Kier molecular flexibility index (Phi) is 5.61. The zero-order valence-corrected chi connectivity index (χ0v) is 16.1. The van der Waals surface area contributed by atoms with Crippen molar-refractivity contribution in [1.82, 2.24) is 9.80 Å². The molecule has 0 aliphatic carbocycles. The number of aliphatic hydroxyl groups excluding tert-OH is 1. The highest BCUT2D eigenvalue weighted by Gasteiger charge is 2.45. The van der Waals surface area contributed by atoms with Crippen LogP contribution in [-0.2, 0) is 9.59 Å². The van der Waals surface area contributed by atoms with Crippen LogP contribution in [0.2, 0.25) is 0 Å². The van der Waals surface area contributed by atoms with Gasteiger partial charge in [-0.2, -0.15) is 0 Å². The Morgan fingerprint density at radius 2 is 1.68 bits per heavy atom. The minimum absolute atomic E-state index is 0.0271. The van der Waals surface area contributed by atoms with Crippen LogP contribution in [0.3, 0.4) is 0 Å². The molecule has 1 aliphatic rings. The van der Waals surface area contributed by atoms with Gasteiger partial charge < -0.3 is 14.9 Å². The van der Waals surface area contributed by atoms with Crippen LogP contribution in [0.5, 0.6) is 0 Å². The van der Waals surface area contributed by atoms with E-state index in [0.29, 0.717) is 18.7 Å². The Balaban J connectivity index is 2.13. The van der Waals surface area contributed by atoms with Crippen molar-refractivity contribution in [2.45, 2.75) is 13.0 Å². The zero-order chi connectivity index (χ0) is 20.4. The number of aryl methyl sites for hydroxylation is 1. The maximum absolute atomic E-state index is 13.3. The van der Waals surface area contributed by atoms with E-state index in [1.165, 1.54) is 29.2 Å². The predicted molar refractivity (Wildman–Crippen MR) is 105 cm³/mol. The first-order valence-electron chi connectivity index (χ1n) is 9.05. The number of ketones is 1. The molecule has 2 aromatic rings. The van der Waals surface area contributed by atoms with Crippen molar-refractivity contribution in [3.63, 3.8) is 0 Å². The van der Waals surface area contributed by atoms with Crippen molar-refractivity contribution >= 4 is 17.4 Å². The van der Waals surface area contributed by atoms with Crippen LogP contribution in [-0.4, -0.2) is 53.8 Å². The van der Waals surface area contributed by atoms with E-state index in [1.807, 2.05) is 50.2 Å². The Morgan fingerprint density at radius 1 is 1.07 bits per heavy atom. The lowest BCUT2D eigenvalue weighted by molar-refractivity contribution is -0.140. The molecule has 0 spiro atoms. The van der Waals surface area contributed by atoms with Gasteiger partial charge in [-0.05, 0) is 50.8 Å². The molecule has 0 bridgehead atoms. The molecule has 3 rings (SSSR count). The fourth-order valence-electron chi connectivity index (χ4n) is 3.28. The summed E-state index contributed by atoms with van der Waals surface area (Å²) in [4.78, 5) is 28.9. The van der Waals surface area contributed by atoms with E-state index in [9.17, 15) is 19.1 Å². The number of likely N-dealkylation sites (N-methyl/N-ethyl adjacent to an activating group) is 1. The van der Waals surface area contributed by atoms with Gasteiger partial charge in [-0.1, -0.05) is 29.8 Å². The Hall–Kier alpha value is -2.99. The van der Waals surface area contributed by atoms with Crippen LogP contribution >= 0.6 is 0 Å². The number of benzene rings is 2. The van der Waals surface area contributed by atoms with E-state index in [0.717, 1.165) is 11.1 Å².